The predicted octanol–water partition coefficient (Wildman–Crippen LogP) is 2.47. The van der Waals surface area contributed by atoms with Gasteiger partial charge < -0.3 is 15.3 Å². The lowest BCUT2D eigenvalue weighted by molar-refractivity contribution is 0.154. The minimum absolute atomic E-state index is 0.0253. The largest absolute Gasteiger partial charge is 0.394 e. The number of likely N-dealkylation sites (N-methyl/N-ethyl adjacent to an activating group) is 1. The Morgan fingerprint density at radius 1 is 1.40 bits per heavy atom. The fourth-order valence-corrected chi connectivity index (χ4v) is 2.23. The van der Waals surface area contributed by atoms with Crippen molar-refractivity contribution in [3.05, 3.63) is 35.4 Å². The molecule has 0 saturated heterocycles. The Balaban J connectivity index is 2.06. The number of aliphatic hydroxyl groups excluding tert-OH is 1. The Morgan fingerprint density at radius 2 is 2.00 bits per heavy atom. The van der Waals surface area contributed by atoms with Crippen molar-refractivity contribution in [2.24, 2.45) is 5.92 Å². The second-order valence-electron chi connectivity index (χ2n) is 5.82. The zero-order chi connectivity index (χ0) is 14.7. The molecule has 1 aromatic carbocycles. The van der Waals surface area contributed by atoms with Gasteiger partial charge in [0.05, 0.1) is 18.7 Å². The smallest absolute Gasteiger partial charge is 0.317 e. The molecule has 110 valence electrons. The van der Waals surface area contributed by atoms with E-state index < -0.39 is 0 Å². The van der Waals surface area contributed by atoms with Crippen molar-refractivity contribution in [2.75, 3.05) is 13.7 Å². The fourth-order valence-electron chi connectivity index (χ4n) is 2.23. The highest BCUT2D eigenvalue weighted by Crippen LogP contribution is 2.41. The minimum atomic E-state index is -0.173. The van der Waals surface area contributed by atoms with E-state index >= 15 is 0 Å². The molecule has 0 aliphatic heterocycles. The number of nitrogens with one attached hydrogen (secondary N) is 1. The Bertz CT molecular complexity index is 454. The van der Waals surface area contributed by atoms with Crippen molar-refractivity contribution in [3.8, 4) is 0 Å². The molecule has 1 aliphatic rings. The summed E-state index contributed by atoms with van der Waals surface area (Å²) < 4.78 is 0. The molecule has 2 amide bonds. The van der Waals surface area contributed by atoms with Crippen molar-refractivity contribution in [2.45, 2.75) is 38.8 Å². The standard InChI is InChI=1S/C16H24N2O2/c1-11-4-6-13(7-5-11)15(14-8-9-14)17-16(20)18(3)12(2)10-19/h4-7,12,14-15,19H,8-10H2,1-3H3,(H,17,20). The number of hydrogen-bond acceptors (Lipinski definition) is 2. The van der Waals surface area contributed by atoms with Gasteiger partial charge in [-0.25, -0.2) is 4.79 Å². The normalized spacial score (nSPS) is 17.4. The molecule has 20 heavy (non-hydrogen) atoms. The van der Waals surface area contributed by atoms with Crippen molar-refractivity contribution >= 4 is 6.03 Å². The summed E-state index contributed by atoms with van der Waals surface area (Å²) in [6.45, 7) is 3.87. The van der Waals surface area contributed by atoms with Gasteiger partial charge in [0.25, 0.3) is 0 Å². The lowest BCUT2D eigenvalue weighted by Gasteiger charge is -2.27. The summed E-state index contributed by atoms with van der Waals surface area (Å²) in [6, 6.07) is 8.13. The van der Waals surface area contributed by atoms with Crippen molar-refractivity contribution < 1.29 is 9.90 Å². The van der Waals surface area contributed by atoms with Crippen LogP contribution in [0.1, 0.15) is 36.9 Å². The van der Waals surface area contributed by atoms with E-state index in [-0.39, 0.29) is 24.7 Å². The van der Waals surface area contributed by atoms with Gasteiger partial charge in [0, 0.05) is 7.05 Å². The van der Waals surface area contributed by atoms with E-state index in [4.69, 9.17) is 5.11 Å². The second kappa shape index (κ2) is 6.27. The van der Waals surface area contributed by atoms with Crippen LogP contribution < -0.4 is 5.32 Å². The van der Waals surface area contributed by atoms with E-state index in [1.807, 2.05) is 6.92 Å². The molecule has 4 nitrogen and oxygen atoms in total. The number of rotatable bonds is 5. The molecule has 0 bridgehead atoms. The fraction of sp³-hybridized carbons (Fsp3) is 0.562. The van der Waals surface area contributed by atoms with E-state index in [0.717, 1.165) is 18.4 Å². The first-order chi connectivity index (χ1) is 9.52. The Hall–Kier alpha value is -1.55. The van der Waals surface area contributed by atoms with E-state index in [1.165, 1.54) is 5.56 Å². The predicted molar refractivity (Wildman–Crippen MR) is 79.5 cm³/mol. The first-order valence-electron chi connectivity index (χ1n) is 7.23. The highest BCUT2D eigenvalue weighted by Gasteiger charge is 2.34. The van der Waals surface area contributed by atoms with Crippen LogP contribution >= 0.6 is 0 Å². The third-order valence-corrected chi connectivity index (χ3v) is 4.05. The molecule has 0 heterocycles. The molecule has 2 N–H and O–H groups in total. The van der Waals surface area contributed by atoms with Crippen LogP contribution in [0.25, 0.3) is 0 Å². The monoisotopic (exact) mass is 276 g/mol. The van der Waals surface area contributed by atoms with Crippen molar-refractivity contribution in [1.82, 2.24) is 10.2 Å². The van der Waals surface area contributed by atoms with Gasteiger partial charge in [-0.1, -0.05) is 29.8 Å². The highest BCUT2D eigenvalue weighted by atomic mass is 16.3. The van der Waals surface area contributed by atoms with Crippen molar-refractivity contribution in [1.29, 1.82) is 0 Å². The molecule has 2 rings (SSSR count). The summed E-state index contributed by atoms with van der Waals surface area (Å²) in [7, 11) is 1.72. The summed E-state index contributed by atoms with van der Waals surface area (Å²) in [5.74, 6) is 0.541. The molecule has 1 saturated carbocycles. The Labute approximate surface area is 120 Å². The topological polar surface area (TPSA) is 52.6 Å². The van der Waals surface area contributed by atoms with E-state index in [2.05, 4.69) is 36.5 Å². The number of urea groups is 1. The van der Waals surface area contributed by atoms with Crippen LogP contribution in [0.3, 0.4) is 0 Å². The summed E-state index contributed by atoms with van der Waals surface area (Å²) in [5, 5.41) is 12.2. The number of aryl methyl sites for hydroxylation is 1. The van der Waals surface area contributed by atoms with Crippen LogP contribution in [0.15, 0.2) is 24.3 Å². The Morgan fingerprint density at radius 3 is 2.50 bits per heavy atom. The van der Waals surface area contributed by atoms with Gasteiger partial charge in [-0.15, -0.1) is 0 Å². The van der Waals surface area contributed by atoms with Crippen LogP contribution in [0.5, 0.6) is 0 Å². The molecule has 2 unspecified atom stereocenters. The molecular formula is C16H24N2O2. The first-order valence-corrected chi connectivity index (χ1v) is 7.23. The zero-order valence-electron chi connectivity index (χ0n) is 12.5. The summed E-state index contributed by atoms with van der Waals surface area (Å²) in [4.78, 5) is 13.8. The number of aliphatic hydroxyl groups is 1. The third kappa shape index (κ3) is 3.51. The molecule has 2 atom stereocenters. The molecular weight excluding hydrogens is 252 g/mol. The number of nitrogens with zero attached hydrogens (tertiary/aromatic N) is 1. The maximum Gasteiger partial charge on any atom is 0.317 e. The first kappa shape index (κ1) is 14.9. The zero-order valence-corrected chi connectivity index (χ0v) is 12.5. The van der Waals surface area contributed by atoms with Crippen LogP contribution in [0.4, 0.5) is 4.79 Å². The van der Waals surface area contributed by atoms with Gasteiger partial charge >= 0.3 is 6.03 Å². The molecule has 4 heteroatoms. The SMILES string of the molecule is Cc1ccc(C(NC(=O)N(C)C(C)CO)C2CC2)cc1. The molecule has 0 radical (unpaired) electrons. The third-order valence-electron chi connectivity index (χ3n) is 4.05. The average Bonchev–Trinajstić information content (AvgIpc) is 3.28. The maximum absolute atomic E-state index is 12.2. The van der Waals surface area contributed by atoms with Crippen LogP contribution in [0, 0.1) is 12.8 Å². The van der Waals surface area contributed by atoms with Gasteiger partial charge in [0.1, 0.15) is 0 Å². The van der Waals surface area contributed by atoms with E-state index in [0.29, 0.717) is 5.92 Å². The number of carbonyl (C=O) groups excluding carboxylic acids is 1. The van der Waals surface area contributed by atoms with Crippen LogP contribution in [-0.2, 0) is 0 Å². The second-order valence-corrected chi connectivity index (χ2v) is 5.82. The molecule has 1 aliphatic carbocycles. The number of carbonyl (C=O) groups is 1. The van der Waals surface area contributed by atoms with Crippen LogP contribution in [0.2, 0.25) is 0 Å². The van der Waals surface area contributed by atoms with Gasteiger partial charge in [0.15, 0.2) is 0 Å². The molecule has 0 aromatic heterocycles. The molecule has 1 fully saturated rings. The summed E-state index contributed by atoms with van der Waals surface area (Å²) >= 11 is 0. The highest BCUT2D eigenvalue weighted by molar-refractivity contribution is 5.74. The van der Waals surface area contributed by atoms with Gasteiger partial charge in [-0.3, -0.25) is 0 Å². The van der Waals surface area contributed by atoms with Gasteiger partial charge in [-0.2, -0.15) is 0 Å². The molecule has 1 aromatic rings. The molecule has 0 spiro atoms. The Kier molecular flexibility index (Phi) is 4.65. The van der Waals surface area contributed by atoms with E-state index in [1.54, 1.807) is 11.9 Å². The average molecular weight is 276 g/mol. The number of benzene rings is 1. The summed E-state index contributed by atoms with van der Waals surface area (Å²) in [5.41, 5.74) is 2.39. The minimum Gasteiger partial charge on any atom is -0.394 e. The van der Waals surface area contributed by atoms with Crippen LogP contribution in [-0.4, -0.2) is 35.7 Å². The van der Waals surface area contributed by atoms with Gasteiger partial charge in [-0.05, 0) is 38.2 Å². The lowest BCUT2D eigenvalue weighted by atomic mass is 10.0. The van der Waals surface area contributed by atoms with Crippen molar-refractivity contribution in [3.63, 3.8) is 0 Å². The lowest BCUT2D eigenvalue weighted by Crippen LogP contribution is -2.45. The quantitative estimate of drug-likeness (QED) is 0.868. The number of hydrogen-bond donors (Lipinski definition) is 2. The maximum atomic E-state index is 12.2. The summed E-state index contributed by atoms with van der Waals surface area (Å²) in [6.07, 6.45) is 2.33. The van der Waals surface area contributed by atoms with Gasteiger partial charge in [0.2, 0.25) is 0 Å². The van der Waals surface area contributed by atoms with E-state index in [9.17, 15) is 4.79 Å². The number of amides is 2.